The summed E-state index contributed by atoms with van der Waals surface area (Å²) in [5, 5.41) is 1.46. The zero-order valence-electron chi connectivity index (χ0n) is 14.3. The SMILES string of the molecule is CCOC(=O)CN(C(C)=O)n1c(C(C)C)nc2ccccc2c1=O. The normalized spacial score (nSPS) is 10.9. The number of rotatable bonds is 5. The van der Waals surface area contributed by atoms with E-state index in [0.717, 1.165) is 5.01 Å². The molecule has 2 aromatic rings. The number of benzene rings is 1. The molecule has 0 N–H and O–H groups in total. The second kappa shape index (κ2) is 7.25. The molecule has 2 rings (SSSR count). The lowest BCUT2D eigenvalue weighted by Crippen LogP contribution is -2.50. The molecule has 0 fully saturated rings. The van der Waals surface area contributed by atoms with Crippen molar-refractivity contribution in [3.8, 4) is 0 Å². The van der Waals surface area contributed by atoms with Crippen LogP contribution in [0.15, 0.2) is 29.1 Å². The first-order chi connectivity index (χ1) is 11.4. The molecule has 1 heterocycles. The van der Waals surface area contributed by atoms with Crippen molar-refractivity contribution in [1.82, 2.24) is 9.66 Å². The summed E-state index contributed by atoms with van der Waals surface area (Å²) >= 11 is 0. The highest BCUT2D eigenvalue weighted by Gasteiger charge is 2.23. The number of hydrogen-bond acceptors (Lipinski definition) is 5. The van der Waals surface area contributed by atoms with Crippen LogP contribution in [0.2, 0.25) is 0 Å². The zero-order valence-corrected chi connectivity index (χ0v) is 14.3. The maximum atomic E-state index is 12.9. The number of hydrogen-bond donors (Lipinski definition) is 0. The maximum absolute atomic E-state index is 12.9. The minimum Gasteiger partial charge on any atom is -0.465 e. The van der Waals surface area contributed by atoms with Crippen LogP contribution in [0.5, 0.6) is 0 Å². The van der Waals surface area contributed by atoms with Crippen LogP contribution < -0.4 is 10.6 Å². The van der Waals surface area contributed by atoms with Gasteiger partial charge in [0.15, 0.2) is 0 Å². The monoisotopic (exact) mass is 331 g/mol. The summed E-state index contributed by atoms with van der Waals surface area (Å²) in [6, 6.07) is 6.92. The Bertz CT molecular complexity index is 826. The first-order valence-electron chi connectivity index (χ1n) is 7.82. The first-order valence-corrected chi connectivity index (χ1v) is 7.82. The summed E-state index contributed by atoms with van der Waals surface area (Å²) in [5.41, 5.74) is 0.172. The van der Waals surface area contributed by atoms with E-state index in [2.05, 4.69) is 4.98 Å². The van der Waals surface area contributed by atoms with Crippen LogP contribution >= 0.6 is 0 Å². The summed E-state index contributed by atoms with van der Waals surface area (Å²) < 4.78 is 6.09. The van der Waals surface area contributed by atoms with Gasteiger partial charge in [0.2, 0.25) is 5.91 Å². The molecule has 0 aliphatic rings. The van der Waals surface area contributed by atoms with Crippen molar-refractivity contribution in [1.29, 1.82) is 0 Å². The van der Waals surface area contributed by atoms with Gasteiger partial charge in [0, 0.05) is 12.8 Å². The van der Waals surface area contributed by atoms with E-state index in [1.807, 2.05) is 13.8 Å². The number of esters is 1. The molecule has 128 valence electrons. The van der Waals surface area contributed by atoms with Crippen molar-refractivity contribution in [2.24, 2.45) is 0 Å². The molecule has 24 heavy (non-hydrogen) atoms. The van der Waals surface area contributed by atoms with Gasteiger partial charge in [-0.3, -0.25) is 14.4 Å². The number of ether oxygens (including phenoxy) is 1. The molecule has 0 bridgehead atoms. The van der Waals surface area contributed by atoms with Gasteiger partial charge < -0.3 is 4.74 Å². The Kier molecular flexibility index (Phi) is 5.33. The predicted octanol–water partition coefficient (Wildman–Crippen LogP) is 1.57. The molecule has 0 aliphatic heterocycles. The highest BCUT2D eigenvalue weighted by atomic mass is 16.5. The summed E-state index contributed by atoms with van der Waals surface area (Å²) in [7, 11) is 0. The van der Waals surface area contributed by atoms with Gasteiger partial charge in [0.25, 0.3) is 5.56 Å². The molecular weight excluding hydrogens is 310 g/mol. The van der Waals surface area contributed by atoms with Gasteiger partial charge >= 0.3 is 5.97 Å². The number of carbonyl (C=O) groups is 2. The van der Waals surface area contributed by atoms with E-state index < -0.39 is 11.9 Å². The standard InChI is InChI=1S/C17H21N3O4/c1-5-24-15(22)10-19(12(4)21)20-16(11(2)3)18-14-9-7-6-8-13(14)17(20)23/h6-9,11H,5,10H2,1-4H3. The van der Waals surface area contributed by atoms with E-state index >= 15 is 0 Å². The fourth-order valence-electron chi connectivity index (χ4n) is 2.40. The van der Waals surface area contributed by atoms with Crippen molar-refractivity contribution >= 4 is 22.8 Å². The van der Waals surface area contributed by atoms with Crippen LogP contribution in [0.3, 0.4) is 0 Å². The Hall–Kier alpha value is -2.70. The zero-order chi connectivity index (χ0) is 17.9. The van der Waals surface area contributed by atoms with E-state index in [-0.39, 0.29) is 24.6 Å². The molecule has 1 aromatic carbocycles. The predicted molar refractivity (Wildman–Crippen MR) is 90.5 cm³/mol. The third-order valence-corrected chi connectivity index (χ3v) is 3.48. The van der Waals surface area contributed by atoms with Crippen LogP contribution in [0.25, 0.3) is 10.9 Å². The van der Waals surface area contributed by atoms with E-state index in [1.165, 1.54) is 11.6 Å². The van der Waals surface area contributed by atoms with Crippen LogP contribution in [-0.2, 0) is 14.3 Å². The Morgan fingerprint density at radius 2 is 1.96 bits per heavy atom. The Balaban J connectivity index is 2.68. The lowest BCUT2D eigenvalue weighted by molar-refractivity contribution is -0.142. The number of fused-ring (bicyclic) bond motifs is 1. The van der Waals surface area contributed by atoms with Gasteiger partial charge in [-0.25, -0.2) is 9.99 Å². The molecule has 0 atom stereocenters. The van der Waals surface area contributed by atoms with Gasteiger partial charge in [0.1, 0.15) is 12.4 Å². The molecular formula is C17H21N3O4. The second-order valence-corrected chi connectivity index (χ2v) is 5.64. The topological polar surface area (TPSA) is 81.5 Å². The molecule has 0 unspecified atom stereocenters. The highest BCUT2D eigenvalue weighted by Crippen LogP contribution is 2.15. The molecule has 1 aromatic heterocycles. The van der Waals surface area contributed by atoms with E-state index in [4.69, 9.17) is 4.74 Å². The molecule has 7 heteroatoms. The van der Waals surface area contributed by atoms with Gasteiger partial charge in [-0.2, -0.15) is 4.68 Å². The van der Waals surface area contributed by atoms with Crippen LogP contribution in [0, 0.1) is 0 Å². The van der Waals surface area contributed by atoms with Crippen molar-refractivity contribution in [3.05, 3.63) is 40.4 Å². The molecule has 1 amide bonds. The maximum Gasteiger partial charge on any atom is 0.327 e. The highest BCUT2D eigenvalue weighted by molar-refractivity contribution is 5.90. The Labute approximate surface area is 139 Å². The average molecular weight is 331 g/mol. The molecule has 0 radical (unpaired) electrons. The third-order valence-electron chi connectivity index (χ3n) is 3.48. The summed E-state index contributed by atoms with van der Waals surface area (Å²) in [5.74, 6) is -0.726. The van der Waals surface area contributed by atoms with Gasteiger partial charge in [-0.1, -0.05) is 26.0 Å². The van der Waals surface area contributed by atoms with E-state index in [9.17, 15) is 14.4 Å². The lowest BCUT2D eigenvalue weighted by atomic mass is 10.2. The minimum absolute atomic E-state index is 0.119. The third kappa shape index (κ3) is 3.45. The van der Waals surface area contributed by atoms with Gasteiger partial charge in [-0.15, -0.1) is 0 Å². The Morgan fingerprint density at radius 3 is 2.54 bits per heavy atom. The van der Waals surface area contributed by atoms with Crippen LogP contribution in [0.4, 0.5) is 0 Å². The van der Waals surface area contributed by atoms with Gasteiger partial charge in [-0.05, 0) is 19.1 Å². The fourth-order valence-corrected chi connectivity index (χ4v) is 2.40. The number of aromatic nitrogens is 2. The van der Waals surface area contributed by atoms with Crippen LogP contribution in [-0.4, -0.2) is 34.7 Å². The molecule has 7 nitrogen and oxygen atoms in total. The van der Waals surface area contributed by atoms with Crippen molar-refractivity contribution in [2.75, 3.05) is 18.2 Å². The van der Waals surface area contributed by atoms with Crippen molar-refractivity contribution in [3.63, 3.8) is 0 Å². The minimum atomic E-state index is -0.581. The lowest BCUT2D eigenvalue weighted by Gasteiger charge is -2.26. The number of carbonyl (C=O) groups excluding carboxylic acids is 2. The fraction of sp³-hybridized carbons (Fsp3) is 0.412. The van der Waals surface area contributed by atoms with Crippen LogP contribution in [0.1, 0.15) is 39.4 Å². The number of para-hydroxylation sites is 1. The molecule has 0 spiro atoms. The van der Waals surface area contributed by atoms with E-state index in [1.54, 1.807) is 31.2 Å². The first kappa shape index (κ1) is 17.7. The Morgan fingerprint density at radius 1 is 1.29 bits per heavy atom. The summed E-state index contributed by atoms with van der Waals surface area (Å²) in [4.78, 5) is 41.3. The van der Waals surface area contributed by atoms with Crippen molar-refractivity contribution < 1.29 is 14.3 Å². The van der Waals surface area contributed by atoms with E-state index in [0.29, 0.717) is 16.7 Å². The number of amides is 1. The molecule has 0 aliphatic carbocycles. The second-order valence-electron chi connectivity index (χ2n) is 5.64. The quantitative estimate of drug-likeness (QED) is 0.777. The summed E-state index contributed by atoms with van der Waals surface area (Å²) in [6.45, 7) is 6.57. The van der Waals surface area contributed by atoms with Crippen molar-refractivity contribution in [2.45, 2.75) is 33.6 Å². The number of nitrogens with zero attached hydrogens (tertiary/aromatic N) is 3. The smallest absolute Gasteiger partial charge is 0.327 e. The summed E-state index contributed by atoms with van der Waals surface area (Å²) in [6.07, 6.45) is 0. The average Bonchev–Trinajstić information content (AvgIpc) is 2.53. The largest absolute Gasteiger partial charge is 0.465 e. The molecule has 0 saturated carbocycles. The molecule has 0 saturated heterocycles. The van der Waals surface area contributed by atoms with Gasteiger partial charge in [0.05, 0.1) is 17.5 Å².